The number of nitrogens with zero attached hydrogens (tertiary/aromatic N) is 2. The third-order valence-electron chi connectivity index (χ3n) is 1.77. The molecule has 0 amide bonds. The normalized spacial score (nSPS) is 10.5. The van der Waals surface area contributed by atoms with Gasteiger partial charge in [0, 0.05) is 38.6 Å². The van der Waals surface area contributed by atoms with Crippen LogP contribution < -0.4 is 11.1 Å². The molecule has 0 aromatic carbocycles. The maximum atomic E-state index is 5.34. The van der Waals surface area contributed by atoms with Gasteiger partial charge in [-0.15, -0.1) is 0 Å². The summed E-state index contributed by atoms with van der Waals surface area (Å²) in [5.74, 6) is 1.06. The Hall–Kier alpha value is -0.870. The summed E-state index contributed by atoms with van der Waals surface area (Å²) in [6.07, 6.45) is 3.80. The summed E-state index contributed by atoms with van der Waals surface area (Å²) in [5, 5.41) is 3.23. The second kappa shape index (κ2) is 4.90. The van der Waals surface area contributed by atoms with Crippen molar-refractivity contribution in [1.82, 2.24) is 14.9 Å². The lowest BCUT2D eigenvalue weighted by Gasteiger charge is -2.05. The highest BCUT2D eigenvalue weighted by Gasteiger charge is 1.94. The van der Waals surface area contributed by atoms with Gasteiger partial charge < -0.3 is 15.6 Å². The third-order valence-corrected chi connectivity index (χ3v) is 1.77. The molecule has 0 fully saturated rings. The molecule has 1 rings (SSSR count). The standard InChI is InChI=1S/C8H16N4/c1-8-11-5-7-12(8)6-4-10-3-2-9/h5,7,10H,2-4,6,9H2,1H3. The largest absolute Gasteiger partial charge is 0.334 e. The first kappa shape index (κ1) is 9.22. The van der Waals surface area contributed by atoms with Gasteiger partial charge in [-0.25, -0.2) is 4.98 Å². The molecule has 4 nitrogen and oxygen atoms in total. The van der Waals surface area contributed by atoms with E-state index in [0.717, 1.165) is 25.5 Å². The summed E-state index contributed by atoms with van der Waals surface area (Å²) in [4.78, 5) is 4.13. The molecule has 4 heteroatoms. The second-order valence-electron chi connectivity index (χ2n) is 2.71. The molecule has 3 N–H and O–H groups in total. The van der Waals surface area contributed by atoms with Crippen molar-refractivity contribution in [2.75, 3.05) is 19.6 Å². The number of imidazole rings is 1. The summed E-state index contributed by atoms with van der Waals surface area (Å²) < 4.78 is 2.11. The average Bonchev–Trinajstić information content (AvgIpc) is 2.46. The number of hydrogen-bond acceptors (Lipinski definition) is 3. The fourth-order valence-corrected chi connectivity index (χ4v) is 1.07. The van der Waals surface area contributed by atoms with Crippen molar-refractivity contribution in [3.63, 3.8) is 0 Å². The minimum Gasteiger partial charge on any atom is -0.334 e. The number of nitrogens with two attached hydrogens (primary N) is 1. The summed E-state index contributed by atoms with van der Waals surface area (Å²) in [6, 6.07) is 0. The third kappa shape index (κ3) is 2.64. The van der Waals surface area contributed by atoms with Crippen molar-refractivity contribution >= 4 is 0 Å². The number of rotatable bonds is 5. The maximum Gasteiger partial charge on any atom is 0.105 e. The first-order chi connectivity index (χ1) is 5.84. The van der Waals surface area contributed by atoms with Crippen LogP contribution >= 0.6 is 0 Å². The molecule has 0 bridgehead atoms. The van der Waals surface area contributed by atoms with E-state index in [1.165, 1.54) is 0 Å². The first-order valence-corrected chi connectivity index (χ1v) is 4.23. The SMILES string of the molecule is Cc1nccn1CCNCCN. The quantitative estimate of drug-likeness (QED) is 0.596. The fourth-order valence-electron chi connectivity index (χ4n) is 1.07. The van der Waals surface area contributed by atoms with Crippen molar-refractivity contribution in [2.45, 2.75) is 13.5 Å². The van der Waals surface area contributed by atoms with Gasteiger partial charge in [-0.05, 0) is 6.92 Å². The van der Waals surface area contributed by atoms with Crippen molar-refractivity contribution in [1.29, 1.82) is 0 Å². The van der Waals surface area contributed by atoms with E-state index in [1.54, 1.807) is 0 Å². The van der Waals surface area contributed by atoms with Crippen LogP contribution in [-0.4, -0.2) is 29.2 Å². The van der Waals surface area contributed by atoms with Gasteiger partial charge in [-0.2, -0.15) is 0 Å². The molecule has 0 atom stereocenters. The molecule has 0 saturated carbocycles. The highest BCUT2D eigenvalue weighted by atomic mass is 15.1. The van der Waals surface area contributed by atoms with Gasteiger partial charge in [0.05, 0.1) is 0 Å². The molecule has 0 unspecified atom stereocenters. The molecule has 12 heavy (non-hydrogen) atoms. The predicted molar refractivity (Wildman–Crippen MR) is 48.9 cm³/mol. The zero-order valence-electron chi connectivity index (χ0n) is 7.45. The molecule has 1 heterocycles. The zero-order valence-corrected chi connectivity index (χ0v) is 7.45. The summed E-state index contributed by atoms with van der Waals surface area (Å²) in [5.41, 5.74) is 5.34. The Bertz CT molecular complexity index is 219. The molecule has 68 valence electrons. The molecule has 1 aromatic rings. The van der Waals surface area contributed by atoms with E-state index >= 15 is 0 Å². The average molecular weight is 168 g/mol. The fraction of sp³-hybridized carbons (Fsp3) is 0.625. The molecule has 0 spiro atoms. The van der Waals surface area contributed by atoms with E-state index in [-0.39, 0.29) is 0 Å². The van der Waals surface area contributed by atoms with E-state index in [2.05, 4.69) is 14.9 Å². The lowest BCUT2D eigenvalue weighted by molar-refractivity contribution is 0.592. The van der Waals surface area contributed by atoms with Crippen LogP contribution in [0.5, 0.6) is 0 Å². The predicted octanol–water partition coefficient (Wildman–Crippen LogP) is -0.260. The van der Waals surface area contributed by atoms with Gasteiger partial charge in [0.2, 0.25) is 0 Å². The summed E-state index contributed by atoms with van der Waals surface area (Å²) >= 11 is 0. The topological polar surface area (TPSA) is 55.9 Å². The highest BCUT2D eigenvalue weighted by molar-refractivity contribution is 4.88. The molecule has 0 radical (unpaired) electrons. The van der Waals surface area contributed by atoms with Gasteiger partial charge in [-0.3, -0.25) is 0 Å². The molecular weight excluding hydrogens is 152 g/mol. The summed E-state index contributed by atoms with van der Waals surface area (Å²) in [7, 11) is 0. The van der Waals surface area contributed by atoms with Crippen LogP contribution in [0.1, 0.15) is 5.82 Å². The first-order valence-electron chi connectivity index (χ1n) is 4.23. The molecule has 0 aliphatic rings. The molecular formula is C8H16N4. The summed E-state index contributed by atoms with van der Waals surface area (Å²) in [6.45, 7) is 5.50. The van der Waals surface area contributed by atoms with E-state index in [9.17, 15) is 0 Å². The van der Waals surface area contributed by atoms with Crippen LogP contribution in [0.15, 0.2) is 12.4 Å². The number of aromatic nitrogens is 2. The van der Waals surface area contributed by atoms with Crippen LogP contribution in [0.3, 0.4) is 0 Å². The maximum absolute atomic E-state index is 5.34. The van der Waals surface area contributed by atoms with Gasteiger partial charge in [-0.1, -0.05) is 0 Å². The molecule has 0 saturated heterocycles. The van der Waals surface area contributed by atoms with Gasteiger partial charge in [0.15, 0.2) is 0 Å². The van der Waals surface area contributed by atoms with Crippen molar-refractivity contribution in [2.24, 2.45) is 5.73 Å². The Labute approximate surface area is 72.8 Å². The monoisotopic (exact) mass is 168 g/mol. The van der Waals surface area contributed by atoms with E-state index < -0.39 is 0 Å². The van der Waals surface area contributed by atoms with Crippen molar-refractivity contribution in [3.8, 4) is 0 Å². The Balaban J connectivity index is 2.20. The lowest BCUT2D eigenvalue weighted by Crippen LogP contribution is -2.26. The Morgan fingerprint density at radius 3 is 3.00 bits per heavy atom. The number of aryl methyl sites for hydroxylation is 1. The Kier molecular flexibility index (Phi) is 3.76. The zero-order chi connectivity index (χ0) is 8.81. The molecule has 0 aliphatic carbocycles. The van der Waals surface area contributed by atoms with Crippen LogP contribution in [0.25, 0.3) is 0 Å². The van der Waals surface area contributed by atoms with Crippen LogP contribution in [-0.2, 0) is 6.54 Å². The molecule has 1 aromatic heterocycles. The minimum atomic E-state index is 0.697. The number of hydrogen-bond donors (Lipinski definition) is 2. The van der Waals surface area contributed by atoms with Gasteiger partial charge >= 0.3 is 0 Å². The van der Waals surface area contributed by atoms with Gasteiger partial charge in [0.1, 0.15) is 5.82 Å². The van der Waals surface area contributed by atoms with Crippen LogP contribution in [0.2, 0.25) is 0 Å². The smallest absolute Gasteiger partial charge is 0.105 e. The van der Waals surface area contributed by atoms with Crippen LogP contribution in [0.4, 0.5) is 0 Å². The van der Waals surface area contributed by atoms with E-state index in [0.29, 0.717) is 6.54 Å². The Morgan fingerprint density at radius 1 is 1.58 bits per heavy atom. The molecule has 0 aliphatic heterocycles. The lowest BCUT2D eigenvalue weighted by atomic mass is 10.5. The van der Waals surface area contributed by atoms with E-state index in [4.69, 9.17) is 5.73 Å². The van der Waals surface area contributed by atoms with E-state index in [1.807, 2.05) is 19.3 Å². The minimum absolute atomic E-state index is 0.697. The van der Waals surface area contributed by atoms with Crippen molar-refractivity contribution < 1.29 is 0 Å². The second-order valence-corrected chi connectivity index (χ2v) is 2.71. The number of nitrogens with one attached hydrogen (secondary N) is 1. The van der Waals surface area contributed by atoms with Crippen LogP contribution in [0, 0.1) is 6.92 Å². The van der Waals surface area contributed by atoms with Gasteiger partial charge in [0.25, 0.3) is 0 Å². The van der Waals surface area contributed by atoms with Crippen molar-refractivity contribution in [3.05, 3.63) is 18.2 Å². The Morgan fingerprint density at radius 2 is 2.42 bits per heavy atom. The highest BCUT2D eigenvalue weighted by Crippen LogP contribution is 1.92.